The van der Waals surface area contributed by atoms with Crippen LogP contribution in [0, 0.1) is 0 Å². The molecule has 2 N–H and O–H groups in total. The van der Waals surface area contributed by atoms with Gasteiger partial charge in [-0.2, -0.15) is 0 Å². The van der Waals surface area contributed by atoms with Gasteiger partial charge in [0.05, 0.1) is 13.2 Å². The quantitative estimate of drug-likeness (QED) is 0.791. The molecule has 1 aromatic heterocycles. The molecule has 2 aliphatic rings. The summed E-state index contributed by atoms with van der Waals surface area (Å²) in [5.41, 5.74) is 0. The molecule has 2 fully saturated rings. The van der Waals surface area contributed by atoms with Gasteiger partial charge in [0, 0.05) is 19.0 Å². The van der Waals surface area contributed by atoms with Crippen molar-refractivity contribution in [2.75, 3.05) is 26.3 Å². The topological polar surface area (TPSA) is 100 Å². The van der Waals surface area contributed by atoms with Crippen LogP contribution >= 0.6 is 0 Å². The molecule has 114 valence electrons. The van der Waals surface area contributed by atoms with Crippen LogP contribution in [0.5, 0.6) is 0 Å². The normalized spacial score (nSPS) is 20.1. The molecular weight excluding hydrogens is 274 g/mol. The van der Waals surface area contributed by atoms with Gasteiger partial charge in [0.25, 0.3) is 5.91 Å². The summed E-state index contributed by atoms with van der Waals surface area (Å²) >= 11 is 0. The van der Waals surface area contributed by atoms with Gasteiger partial charge in [0.2, 0.25) is 11.7 Å². The van der Waals surface area contributed by atoms with Crippen molar-refractivity contribution in [1.82, 2.24) is 25.4 Å². The highest BCUT2D eigenvalue weighted by Crippen LogP contribution is 2.37. The van der Waals surface area contributed by atoms with Crippen LogP contribution in [0.25, 0.3) is 0 Å². The highest BCUT2D eigenvalue weighted by atomic mass is 16.5. The maximum absolute atomic E-state index is 12.2. The third-order valence-electron chi connectivity index (χ3n) is 3.71. The number of hydrogen-bond acceptors (Lipinski definition) is 5. The van der Waals surface area contributed by atoms with Crippen LogP contribution in [0.3, 0.4) is 0 Å². The summed E-state index contributed by atoms with van der Waals surface area (Å²) in [5.74, 6) is 0.731. The van der Waals surface area contributed by atoms with Crippen molar-refractivity contribution < 1.29 is 14.3 Å². The minimum absolute atomic E-state index is 0.0959. The number of hydrogen-bond donors (Lipinski definition) is 2. The Labute approximate surface area is 122 Å². The SMILES string of the molecule is CC(NC(=O)c1n[nH]c(C2CC2)n1)C(=O)N1CCOCC1. The lowest BCUT2D eigenvalue weighted by Gasteiger charge is -2.29. The van der Waals surface area contributed by atoms with Gasteiger partial charge >= 0.3 is 0 Å². The first-order chi connectivity index (χ1) is 10.1. The van der Waals surface area contributed by atoms with Gasteiger partial charge in [-0.1, -0.05) is 0 Å². The summed E-state index contributed by atoms with van der Waals surface area (Å²) in [6.45, 7) is 3.87. The van der Waals surface area contributed by atoms with Crippen molar-refractivity contribution in [2.45, 2.75) is 31.7 Å². The van der Waals surface area contributed by atoms with Gasteiger partial charge in [-0.3, -0.25) is 14.7 Å². The molecule has 1 aliphatic carbocycles. The molecule has 1 unspecified atom stereocenters. The first-order valence-electron chi connectivity index (χ1n) is 7.25. The maximum atomic E-state index is 12.2. The van der Waals surface area contributed by atoms with E-state index in [1.807, 2.05) is 0 Å². The van der Waals surface area contributed by atoms with Crippen molar-refractivity contribution in [3.05, 3.63) is 11.6 Å². The predicted molar refractivity (Wildman–Crippen MR) is 72.7 cm³/mol. The fourth-order valence-electron chi connectivity index (χ4n) is 2.30. The van der Waals surface area contributed by atoms with Crippen LogP contribution < -0.4 is 5.32 Å². The Bertz CT molecular complexity index is 534. The van der Waals surface area contributed by atoms with Crippen LogP contribution in [0.2, 0.25) is 0 Å². The highest BCUT2D eigenvalue weighted by molar-refractivity contribution is 5.94. The molecule has 8 nitrogen and oxygen atoms in total. The Morgan fingerprint density at radius 2 is 2.10 bits per heavy atom. The van der Waals surface area contributed by atoms with E-state index in [-0.39, 0.29) is 11.7 Å². The second-order valence-corrected chi connectivity index (χ2v) is 5.45. The molecule has 0 bridgehead atoms. The van der Waals surface area contributed by atoms with Crippen molar-refractivity contribution in [2.24, 2.45) is 0 Å². The van der Waals surface area contributed by atoms with Gasteiger partial charge in [-0.15, -0.1) is 5.10 Å². The number of morpholine rings is 1. The zero-order valence-corrected chi connectivity index (χ0v) is 12.0. The van der Waals surface area contributed by atoms with Gasteiger partial charge in [-0.25, -0.2) is 4.98 Å². The van der Waals surface area contributed by atoms with E-state index in [0.29, 0.717) is 32.2 Å². The molecule has 0 spiro atoms. The Morgan fingerprint density at radius 1 is 1.38 bits per heavy atom. The molecule has 2 heterocycles. The summed E-state index contributed by atoms with van der Waals surface area (Å²) in [6, 6.07) is -0.599. The van der Waals surface area contributed by atoms with E-state index in [1.54, 1.807) is 11.8 Å². The number of nitrogens with zero attached hydrogens (tertiary/aromatic N) is 3. The summed E-state index contributed by atoms with van der Waals surface area (Å²) in [5, 5.41) is 9.34. The van der Waals surface area contributed by atoms with E-state index in [4.69, 9.17) is 4.74 Å². The molecule has 0 aromatic carbocycles. The van der Waals surface area contributed by atoms with Gasteiger partial charge in [-0.05, 0) is 19.8 Å². The monoisotopic (exact) mass is 293 g/mol. The number of aromatic amines is 1. The molecule has 2 amide bonds. The van der Waals surface area contributed by atoms with E-state index in [0.717, 1.165) is 18.7 Å². The molecule has 8 heteroatoms. The summed E-state index contributed by atoms with van der Waals surface area (Å²) in [4.78, 5) is 30.1. The molecule has 1 aromatic rings. The number of carbonyl (C=O) groups excluding carboxylic acids is 2. The number of H-pyrrole nitrogens is 1. The van der Waals surface area contributed by atoms with E-state index in [2.05, 4.69) is 20.5 Å². The van der Waals surface area contributed by atoms with E-state index >= 15 is 0 Å². The molecule has 1 saturated heterocycles. The van der Waals surface area contributed by atoms with Crippen LogP contribution in [0.1, 0.15) is 42.1 Å². The molecule has 1 saturated carbocycles. The van der Waals surface area contributed by atoms with Crippen LogP contribution in [-0.4, -0.2) is 64.2 Å². The number of amides is 2. The van der Waals surface area contributed by atoms with Crippen molar-refractivity contribution in [3.8, 4) is 0 Å². The lowest BCUT2D eigenvalue weighted by atomic mass is 10.2. The fourth-order valence-corrected chi connectivity index (χ4v) is 2.30. The second-order valence-electron chi connectivity index (χ2n) is 5.45. The smallest absolute Gasteiger partial charge is 0.291 e. The highest BCUT2D eigenvalue weighted by Gasteiger charge is 2.29. The number of carbonyl (C=O) groups is 2. The largest absolute Gasteiger partial charge is 0.378 e. The van der Waals surface area contributed by atoms with E-state index < -0.39 is 11.9 Å². The number of ether oxygens (including phenoxy) is 1. The molecule has 0 radical (unpaired) electrons. The Morgan fingerprint density at radius 3 is 2.76 bits per heavy atom. The van der Waals surface area contributed by atoms with Crippen LogP contribution in [0.15, 0.2) is 0 Å². The lowest BCUT2D eigenvalue weighted by Crippen LogP contribution is -2.50. The minimum Gasteiger partial charge on any atom is -0.378 e. The standard InChI is InChI=1S/C13H19N5O3/c1-8(13(20)18-4-6-21-7-5-18)14-12(19)11-15-10(16-17-11)9-2-3-9/h8-9H,2-7H2,1H3,(H,14,19)(H,15,16,17). The van der Waals surface area contributed by atoms with E-state index in [9.17, 15) is 9.59 Å². The zero-order valence-electron chi connectivity index (χ0n) is 12.0. The number of rotatable bonds is 4. The summed E-state index contributed by atoms with van der Waals surface area (Å²) < 4.78 is 5.21. The maximum Gasteiger partial charge on any atom is 0.291 e. The van der Waals surface area contributed by atoms with Crippen molar-refractivity contribution in [1.29, 1.82) is 0 Å². The van der Waals surface area contributed by atoms with Gasteiger partial charge in [0.1, 0.15) is 11.9 Å². The fraction of sp³-hybridized carbons (Fsp3) is 0.692. The average molecular weight is 293 g/mol. The number of nitrogens with one attached hydrogen (secondary N) is 2. The predicted octanol–water partition coefficient (Wildman–Crippen LogP) is -0.341. The van der Waals surface area contributed by atoms with Crippen LogP contribution in [-0.2, 0) is 9.53 Å². The average Bonchev–Trinajstić information content (AvgIpc) is 3.24. The van der Waals surface area contributed by atoms with Gasteiger partial charge < -0.3 is 15.0 Å². The second kappa shape index (κ2) is 5.80. The summed E-state index contributed by atoms with van der Waals surface area (Å²) in [7, 11) is 0. The summed E-state index contributed by atoms with van der Waals surface area (Å²) in [6.07, 6.45) is 2.17. The lowest BCUT2D eigenvalue weighted by molar-refractivity contribution is -0.136. The number of aromatic nitrogens is 3. The molecular formula is C13H19N5O3. The van der Waals surface area contributed by atoms with Crippen molar-refractivity contribution >= 4 is 11.8 Å². The zero-order chi connectivity index (χ0) is 14.8. The van der Waals surface area contributed by atoms with Gasteiger partial charge in [0.15, 0.2) is 0 Å². The molecule has 1 atom stereocenters. The third-order valence-corrected chi connectivity index (χ3v) is 3.71. The molecule has 3 rings (SSSR count). The Balaban J connectivity index is 1.56. The molecule has 21 heavy (non-hydrogen) atoms. The third kappa shape index (κ3) is 3.21. The minimum atomic E-state index is -0.599. The molecule has 1 aliphatic heterocycles. The van der Waals surface area contributed by atoms with Crippen LogP contribution in [0.4, 0.5) is 0 Å². The van der Waals surface area contributed by atoms with Crippen molar-refractivity contribution in [3.63, 3.8) is 0 Å². The first kappa shape index (κ1) is 14.0. The first-order valence-corrected chi connectivity index (χ1v) is 7.25. The Kier molecular flexibility index (Phi) is 3.87. The van der Waals surface area contributed by atoms with E-state index in [1.165, 1.54) is 0 Å². The Hall–Kier alpha value is -1.96.